The maximum Gasteiger partial charge on any atom is 0.326 e. The Morgan fingerprint density at radius 2 is 1.77 bits per heavy atom. The first-order valence-electron chi connectivity index (χ1n) is 10.3. The molecular formula is C19H33N5O7. The van der Waals surface area contributed by atoms with Crippen LogP contribution in [0, 0.1) is 5.92 Å². The van der Waals surface area contributed by atoms with Crippen LogP contribution in [0.1, 0.15) is 46.0 Å². The van der Waals surface area contributed by atoms with Gasteiger partial charge in [0.1, 0.15) is 24.2 Å². The van der Waals surface area contributed by atoms with Gasteiger partial charge in [-0.15, -0.1) is 0 Å². The van der Waals surface area contributed by atoms with Crippen LogP contribution in [0.15, 0.2) is 0 Å². The Morgan fingerprint density at radius 3 is 2.29 bits per heavy atom. The van der Waals surface area contributed by atoms with Crippen molar-refractivity contribution in [3.63, 3.8) is 0 Å². The topological polar surface area (TPSA) is 205 Å². The molecule has 4 amide bonds. The van der Waals surface area contributed by atoms with Crippen molar-refractivity contribution in [1.82, 2.24) is 15.5 Å². The molecular weight excluding hydrogens is 410 g/mol. The summed E-state index contributed by atoms with van der Waals surface area (Å²) in [7, 11) is 0. The summed E-state index contributed by atoms with van der Waals surface area (Å²) in [5.41, 5.74) is 10.7. The maximum atomic E-state index is 12.8. The minimum absolute atomic E-state index is 0.00569. The van der Waals surface area contributed by atoms with Gasteiger partial charge in [-0.2, -0.15) is 0 Å². The third-order valence-corrected chi connectivity index (χ3v) is 4.99. The van der Waals surface area contributed by atoms with Crippen LogP contribution in [0.5, 0.6) is 0 Å². The first-order valence-corrected chi connectivity index (χ1v) is 10.3. The SMILES string of the molecule is CC(C)CC(NC(=O)C(CCC(N)=O)NC(=O)C1CCCN1C(=O)C(N)CO)C(=O)O. The van der Waals surface area contributed by atoms with Gasteiger partial charge >= 0.3 is 5.97 Å². The molecule has 176 valence electrons. The number of aliphatic hydroxyl groups is 1. The number of carbonyl (C=O) groups excluding carboxylic acids is 4. The van der Waals surface area contributed by atoms with Crippen molar-refractivity contribution >= 4 is 29.6 Å². The van der Waals surface area contributed by atoms with Crippen molar-refractivity contribution in [1.29, 1.82) is 0 Å². The number of carboxylic acid groups (broad SMARTS) is 1. The number of likely N-dealkylation sites (tertiary alicyclic amines) is 1. The molecule has 1 aliphatic heterocycles. The van der Waals surface area contributed by atoms with E-state index in [-0.39, 0.29) is 31.7 Å². The Labute approximate surface area is 180 Å². The lowest BCUT2D eigenvalue weighted by Gasteiger charge is -2.28. The average Bonchev–Trinajstić information content (AvgIpc) is 3.18. The smallest absolute Gasteiger partial charge is 0.326 e. The van der Waals surface area contributed by atoms with Crippen molar-refractivity contribution in [3.05, 3.63) is 0 Å². The van der Waals surface area contributed by atoms with Gasteiger partial charge in [-0.1, -0.05) is 13.8 Å². The van der Waals surface area contributed by atoms with Gasteiger partial charge in [0.25, 0.3) is 0 Å². The van der Waals surface area contributed by atoms with Crippen LogP contribution in [0.2, 0.25) is 0 Å². The summed E-state index contributed by atoms with van der Waals surface area (Å²) in [5.74, 6) is -3.87. The Bertz CT molecular complexity index is 685. The van der Waals surface area contributed by atoms with Gasteiger partial charge in [0, 0.05) is 13.0 Å². The quantitative estimate of drug-likeness (QED) is 0.192. The summed E-state index contributed by atoms with van der Waals surface area (Å²) in [5, 5.41) is 23.3. The number of primary amides is 1. The van der Waals surface area contributed by atoms with Gasteiger partial charge in [-0.3, -0.25) is 19.2 Å². The lowest BCUT2D eigenvalue weighted by molar-refractivity contribution is -0.143. The van der Waals surface area contributed by atoms with Crippen molar-refractivity contribution in [2.24, 2.45) is 17.4 Å². The van der Waals surface area contributed by atoms with Crippen LogP contribution < -0.4 is 22.1 Å². The van der Waals surface area contributed by atoms with E-state index in [1.165, 1.54) is 4.90 Å². The van der Waals surface area contributed by atoms with Crippen LogP contribution in [0.25, 0.3) is 0 Å². The second kappa shape index (κ2) is 12.2. The van der Waals surface area contributed by atoms with E-state index < -0.39 is 60.4 Å². The lowest BCUT2D eigenvalue weighted by Crippen LogP contribution is -2.57. The molecule has 1 rings (SSSR count). The number of hydrogen-bond donors (Lipinski definition) is 6. The normalized spacial score (nSPS) is 18.9. The minimum Gasteiger partial charge on any atom is -0.480 e. The van der Waals surface area contributed by atoms with E-state index in [4.69, 9.17) is 16.6 Å². The standard InChI is InChI=1S/C19H33N5O7/c1-10(2)8-13(19(30)31)23-16(27)12(5-6-15(21)26)22-17(28)14-4-3-7-24(14)18(29)11(20)9-25/h10-14,25H,3-9,20H2,1-2H3,(H2,21,26)(H,22,28)(H,23,27)(H,30,31). The second-order valence-corrected chi connectivity index (χ2v) is 8.07. The molecule has 12 heteroatoms. The van der Waals surface area contributed by atoms with Gasteiger partial charge in [0.15, 0.2) is 0 Å². The number of nitrogens with two attached hydrogens (primary N) is 2. The van der Waals surface area contributed by atoms with Crippen molar-refractivity contribution in [2.75, 3.05) is 13.2 Å². The predicted molar refractivity (Wildman–Crippen MR) is 109 cm³/mol. The number of carboxylic acids is 1. The molecule has 1 heterocycles. The molecule has 1 aliphatic rings. The van der Waals surface area contributed by atoms with E-state index >= 15 is 0 Å². The van der Waals surface area contributed by atoms with Gasteiger partial charge in [0.2, 0.25) is 23.6 Å². The zero-order valence-corrected chi connectivity index (χ0v) is 17.9. The number of nitrogens with one attached hydrogen (secondary N) is 2. The molecule has 0 aromatic carbocycles. The largest absolute Gasteiger partial charge is 0.480 e. The van der Waals surface area contributed by atoms with E-state index in [0.29, 0.717) is 12.8 Å². The zero-order chi connectivity index (χ0) is 23.7. The first kappa shape index (κ1) is 26.3. The molecule has 4 unspecified atom stereocenters. The molecule has 0 aromatic heterocycles. The summed E-state index contributed by atoms with van der Waals surface area (Å²) < 4.78 is 0. The lowest BCUT2D eigenvalue weighted by atomic mass is 10.0. The summed E-state index contributed by atoms with van der Waals surface area (Å²) >= 11 is 0. The van der Waals surface area contributed by atoms with Crippen LogP contribution in [-0.4, -0.2) is 82.0 Å². The molecule has 0 aliphatic carbocycles. The molecule has 0 bridgehead atoms. The van der Waals surface area contributed by atoms with Crippen molar-refractivity contribution in [3.8, 4) is 0 Å². The highest BCUT2D eigenvalue weighted by Crippen LogP contribution is 2.19. The van der Waals surface area contributed by atoms with E-state index in [0.717, 1.165) is 0 Å². The van der Waals surface area contributed by atoms with Crippen LogP contribution in [0.3, 0.4) is 0 Å². The molecule has 12 nitrogen and oxygen atoms in total. The Hall–Kier alpha value is -2.73. The predicted octanol–water partition coefficient (Wildman–Crippen LogP) is -2.34. The fourth-order valence-corrected chi connectivity index (χ4v) is 3.38. The second-order valence-electron chi connectivity index (χ2n) is 8.07. The average molecular weight is 444 g/mol. The Morgan fingerprint density at radius 1 is 1.13 bits per heavy atom. The minimum atomic E-state index is -1.22. The van der Waals surface area contributed by atoms with Crippen molar-refractivity contribution < 1.29 is 34.2 Å². The number of amides is 4. The number of rotatable bonds is 12. The van der Waals surface area contributed by atoms with Crippen LogP contribution >= 0.6 is 0 Å². The Kier molecular flexibility index (Phi) is 10.4. The third-order valence-electron chi connectivity index (χ3n) is 4.99. The van der Waals surface area contributed by atoms with E-state index in [2.05, 4.69) is 10.6 Å². The van der Waals surface area contributed by atoms with E-state index in [9.17, 15) is 29.1 Å². The molecule has 0 radical (unpaired) electrons. The fraction of sp³-hybridized carbons (Fsp3) is 0.737. The van der Waals surface area contributed by atoms with E-state index in [1.54, 1.807) is 13.8 Å². The number of aliphatic carboxylic acids is 1. The summed E-state index contributed by atoms with van der Waals surface area (Å²) in [6.45, 7) is 3.31. The summed E-state index contributed by atoms with van der Waals surface area (Å²) in [4.78, 5) is 61.7. The Balaban J connectivity index is 2.93. The van der Waals surface area contributed by atoms with Crippen LogP contribution in [-0.2, 0) is 24.0 Å². The zero-order valence-electron chi connectivity index (χ0n) is 17.9. The molecule has 4 atom stereocenters. The fourth-order valence-electron chi connectivity index (χ4n) is 3.38. The van der Waals surface area contributed by atoms with Gasteiger partial charge in [0.05, 0.1) is 6.61 Å². The number of carbonyl (C=O) groups is 5. The summed E-state index contributed by atoms with van der Waals surface area (Å²) in [6, 6.07) is -4.42. The highest BCUT2D eigenvalue weighted by Gasteiger charge is 2.37. The molecule has 1 saturated heterocycles. The number of nitrogens with zero attached hydrogens (tertiary/aromatic N) is 1. The van der Waals surface area contributed by atoms with Gasteiger partial charge < -0.3 is 37.2 Å². The molecule has 31 heavy (non-hydrogen) atoms. The highest BCUT2D eigenvalue weighted by molar-refractivity contribution is 5.94. The molecule has 0 saturated carbocycles. The summed E-state index contributed by atoms with van der Waals surface area (Å²) in [6.07, 6.45) is 0.725. The van der Waals surface area contributed by atoms with Crippen molar-refractivity contribution in [2.45, 2.75) is 70.1 Å². The van der Waals surface area contributed by atoms with Gasteiger partial charge in [-0.25, -0.2) is 4.79 Å². The monoisotopic (exact) mass is 443 g/mol. The molecule has 0 aromatic rings. The molecule has 0 spiro atoms. The van der Waals surface area contributed by atoms with E-state index in [1.807, 2.05) is 0 Å². The first-order chi connectivity index (χ1) is 14.5. The van der Waals surface area contributed by atoms with Crippen LogP contribution in [0.4, 0.5) is 0 Å². The highest BCUT2D eigenvalue weighted by atomic mass is 16.4. The maximum absolute atomic E-state index is 12.8. The molecule has 8 N–H and O–H groups in total. The number of hydrogen-bond acceptors (Lipinski definition) is 7. The third kappa shape index (κ3) is 8.13. The number of aliphatic hydroxyl groups excluding tert-OH is 1. The van der Waals surface area contributed by atoms with Gasteiger partial charge in [-0.05, 0) is 31.6 Å². The molecule has 1 fully saturated rings.